The number of carbonyl (C=O) groups is 2. The second kappa shape index (κ2) is 6.83. The smallest absolute Gasteiger partial charge is 0.248 e. The van der Waals surface area contributed by atoms with Crippen LogP contribution in [0.1, 0.15) is 52.6 Å². The van der Waals surface area contributed by atoms with Gasteiger partial charge >= 0.3 is 0 Å². The molecule has 0 unspecified atom stereocenters. The SMILES string of the molecule is CC(C)(C)c1cc(C(N)=O)ccc1C(=O)c1ccc(Cl)c(S(N)(=O)=O)c1. The second-order valence-corrected chi connectivity index (χ2v) is 8.83. The Kier molecular flexibility index (Phi) is 5.28. The summed E-state index contributed by atoms with van der Waals surface area (Å²) in [7, 11) is -4.07. The molecule has 8 heteroatoms. The van der Waals surface area contributed by atoms with Crippen molar-refractivity contribution in [3.05, 3.63) is 63.7 Å². The summed E-state index contributed by atoms with van der Waals surface area (Å²) in [4.78, 5) is 24.1. The van der Waals surface area contributed by atoms with Crippen molar-refractivity contribution >= 4 is 33.3 Å². The van der Waals surface area contributed by atoms with Gasteiger partial charge in [-0.15, -0.1) is 0 Å². The van der Waals surface area contributed by atoms with Gasteiger partial charge < -0.3 is 5.73 Å². The van der Waals surface area contributed by atoms with Gasteiger partial charge in [0, 0.05) is 16.7 Å². The lowest BCUT2D eigenvalue weighted by molar-refractivity contribution is 0.0996. The molecular formula is C18H19ClN2O4S. The van der Waals surface area contributed by atoms with Crippen LogP contribution in [-0.4, -0.2) is 20.1 Å². The summed E-state index contributed by atoms with van der Waals surface area (Å²) in [6.07, 6.45) is 0. The van der Waals surface area contributed by atoms with Crippen LogP contribution >= 0.6 is 11.6 Å². The molecular weight excluding hydrogens is 376 g/mol. The molecule has 2 aromatic rings. The van der Waals surface area contributed by atoms with Crippen LogP contribution in [0.15, 0.2) is 41.3 Å². The summed E-state index contributed by atoms with van der Waals surface area (Å²) >= 11 is 5.87. The first kappa shape index (κ1) is 20.1. The van der Waals surface area contributed by atoms with Gasteiger partial charge in [-0.3, -0.25) is 9.59 Å². The summed E-state index contributed by atoms with van der Waals surface area (Å²) in [5, 5.41) is 5.08. The van der Waals surface area contributed by atoms with Gasteiger partial charge in [-0.2, -0.15) is 0 Å². The molecule has 0 saturated heterocycles. The fraction of sp³-hybridized carbons (Fsp3) is 0.222. The number of primary amides is 1. The highest BCUT2D eigenvalue weighted by atomic mass is 35.5. The lowest BCUT2D eigenvalue weighted by atomic mass is 9.81. The van der Waals surface area contributed by atoms with Crippen molar-refractivity contribution in [2.24, 2.45) is 10.9 Å². The Balaban J connectivity index is 2.66. The number of rotatable bonds is 4. The zero-order valence-corrected chi connectivity index (χ0v) is 16.1. The van der Waals surface area contributed by atoms with Crippen molar-refractivity contribution in [3.8, 4) is 0 Å². The number of sulfonamides is 1. The fourth-order valence-corrected chi connectivity index (χ4v) is 3.61. The molecule has 2 rings (SSSR count). The number of ketones is 1. The van der Waals surface area contributed by atoms with Crippen LogP contribution in [-0.2, 0) is 15.4 Å². The third-order valence-corrected chi connectivity index (χ3v) is 5.25. The molecule has 0 aliphatic heterocycles. The zero-order valence-electron chi connectivity index (χ0n) is 14.5. The van der Waals surface area contributed by atoms with Gasteiger partial charge in [0.1, 0.15) is 4.90 Å². The molecule has 0 aromatic heterocycles. The second-order valence-electron chi connectivity index (χ2n) is 6.89. The van der Waals surface area contributed by atoms with E-state index in [1.807, 2.05) is 20.8 Å². The van der Waals surface area contributed by atoms with Crippen LogP contribution in [0, 0.1) is 0 Å². The first-order chi connectivity index (χ1) is 11.8. The Hall–Kier alpha value is -2.22. The topological polar surface area (TPSA) is 120 Å². The molecule has 1 amide bonds. The number of nitrogens with two attached hydrogens (primary N) is 2. The van der Waals surface area contributed by atoms with Gasteiger partial charge in [0.15, 0.2) is 5.78 Å². The molecule has 0 aliphatic carbocycles. The monoisotopic (exact) mass is 394 g/mol. The fourth-order valence-electron chi connectivity index (χ4n) is 2.53. The van der Waals surface area contributed by atoms with Gasteiger partial charge in [-0.1, -0.05) is 32.4 Å². The van der Waals surface area contributed by atoms with Gasteiger partial charge in [0.25, 0.3) is 0 Å². The van der Waals surface area contributed by atoms with Gasteiger partial charge in [-0.25, -0.2) is 13.6 Å². The molecule has 2 aromatic carbocycles. The Morgan fingerprint density at radius 1 is 1.00 bits per heavy atom. The average Bonchev–Trinajstić information content (AvgIpc) is 2.52. The third-order valence-electron chi connectivity index (χ3n) is 3.86. The summed E-state index contributed by atoms with van der Waals surface area (Å²) in [5.41, 5.74) is 6.24. The summed E-state index contributed by atoms with van der Waals surface area (Å²) < 4.78 is 23.3. The largest absolute Gasteiger partial charge is 0.366 e. The van der Waals surface area contributed by atoms with Crippen LogP contribution in [0.5, 0.6) is 0 Å². The number of primary sulfonamides is 1. The predicted octanol–water partition coefficient (Wildman–Crippen LogP) is 2.61. The lowest BCUT2D eigenvalue weighted by Gasteiger charge is -2.23. The Morgan fingerprint density at radius 2 is 1.58 bits per heavy atom. The number of hydrogen-bond donors (Lipinski definition) is 2. The maximum absolute atomic E-state index is 13.0. The normalized spacial score (nSPS) is 12.0. The minimum Gasteiger partial charge on any atom is -0.366 e. The van der Waals surface area contributed by atoms with Crippen LogP contribution in [0.3, 0.4) is 0 Å². The van der Waals surface area contributed by atoms with Crippen molar-refractivity contribution in [2.45, 2.75) is 31.1 Å². The maximum atomic E-state index is 13.0. The Morgan fingerprint density at radius 3 is 2.08 bits per heavy atom. The van der Waals surface area contributed by atoms with E-state index >= 15 is 0 Å². The zero-order chi connectivity index (χ0) is 19.9. The van der Waals surface area contributed by atoms with Crippen molar-refractivity contribution in [3.63, 3.8) is 0 Å². The molecule has 138 valence electrons. The van der Waals surface area contributed by atoms with Gasteiger partial charge in [-0.05, 0) is 47.4 Å². The Bertz CT molecular complexity index is 1010. The average molecular weight is 395 g/mol. The molecule has 0 aliphatic rings. The van der Waals surface area contributed by atoms with Crippen molar-refractivity contribution < 1.29 is 18.0 Å². The highest BCUT2D eigenvalue weighted by Gasteiger charge is 2.25. The van der Waals surface area contributed by atoms with E-state index in [2.05, 4.69) is 0 Å². The van der Waals surface area contributed by atoms with E-state index < -0.39 is 27.1 Å². The highest BCUT2D eigenvalue weighted by molar-refractivity contribution is 7.89. The van der Waals surface area contributed by atoms with E-state index in [4.69, 9.17) is 22.5 Å². The van der Waals surface area contributed by atoms with Crippen LogP contribution in [0.4, 0.5) is 0 Å². The molecule has 6 nitrogen and oxygen atoms in total. The van der Waals surface area contributed by atoms with E-state index in [-0.39, 0.29) is 21.0 Å². The quantitative estimate of drug-likeness (QED) is 0.774. The number of halogens is 1. The molecule has 0 spiro atoms. The summed E-state index contributed by atoms with van der Waals surface area (Å²) in [6.45, 7) is 5.67. The molecule has 0 bridgehead atoms. The van der Waals surface area contributed by atoms with Crippen molar-refractivity contribution in [1.82, 2.24) is 0 Å². The molecule has 0 atom stereocenters. The lowest BCUT2D eigenvalue weighted by Crippen LogP contribution is -2.20. The molecule has 0 saturated carbocycles. The van der Waals surface area contributed by atoms with E-state index in [0.717, 1.165) is 6.07 Å². The van der Waals surface area contributed by atoms with Crippen molar-refractivity contribution in [2.75, 3.05) is 0 Å². The Labute approximate surface area is 157 Å². The van der Waals surface area contributed by atoms with E-state index in [0.29, 0.717) is 11.1 Å². The molecule has 0 heterocycles. The predicted molar refractivity (Wildman–Crippen MR) is 99.9 cm³/mol. The van der Waals surface area contributed by atoms with Crippen molar-refractivity contribution in [1.29, 1.82) is 0 Å². The highest BCUT2D eigenvalue weighted by Crippen LogP contribution is 2.30. The van der Waals surface area contributed by atoms with E-state index in [1.54, 1.807) is 6.07 Å². The maximum Gasteiger partial charge on any atom is 0.248 e. The van der Waals surface area contributed by atoms with Crippen LogP contribution in [0.2, 0.25) is 5.02 Å². The number of amides is 1. The van der Waals surface area contributed by atoms with Crippen LogP contribution < -0.4 is 10.9 Å². The molecule has 4 N–H and O–H groups in total. The summed E-state index contributed by atoms with van der Waals surface area (Å²) in [5.74, 6) is -1.01. The number of carbonyl (C=O) groups excluding carboxylic acids is 2. The molecule has 0 fully saturated rings. The standard InChI is InChI=1S/C18H19ClN2O4S/c1-18(2,3)13-8-11(17(20)23)4-6-12(13)16(22)10-5-7-14(19)15(9-10)26(21,24)25/h4-9H,1-3H3,(H2,20,23)(H2,21,24,25). The van der Waals surface area contributed by atoms with E-state index in [9.17, 15) is 18.0 Å². The van der Waals surface area contributed by atoms with Gasteiger partial charge in [0.2, 0.25) is 15.9 Å². The minimum atomic E-state index is -4.07. The molecule has 0 radical (unpaired) electrons. The minimum absolute atomic E-state index is 0.0656. The van der Waals surface area contributed by atoms with Gasteiger partial charge in [0.05, 0.1) is 5.02 Å². The number of hydrogen-bond acceptors (Lipinski definition) is 4. The molecule has 26 heavy (non-hydrogen) atoms. The third kappa shape index (κ3) is 4.12. The van der Waals surface area contributed by atoms with E-state index in [1.165, 1.54) is 24.3 Å². The first-order valence-electron chi connectivity index (χ1n) is 7.64. The van der Waals surface area contributed by atoms with Crippen LogP contribution in [0.25, 0.3) is 0 Å². The number of benzene rings is 2. The first-order valence-corrected chi connectivity index (χ1v) is 9.56. The summed E-state index contributed by atoms with van der Waals surface area (Å²) in [6, 6.07) is 8.42.